The Morgan fingerprint density at radius 1 is 1.19 bits per heavy atom. The second-order valence-corrected chi connectivity index (χ2v) is 7.29. The number of hydrogen-bond acceptors (Lipinski definition) is 3. The van der Waals surface area contributed by atoms with Crippen LogP contribution in [0.25, 0.3) is 0 Å². The molecule has 1 saturated heterocycles. The molecule has 3 rings (SSSR count). The van der Waals surface area contributed by atoms with Gasteiger partial charge in [-0.1, -0.05) is 35.9 Å². The number of aryl methyl sites for hydroxylation is 1. The van der Waals surface area contributed by atoms with Crippen molar-refractivity contribution in [3.63, 3.8) is 0 Å². The van der Waals surface area contributed by atoms with Gasteiger partial charge < -0.3 is 19.9 Å². The third-order valence-corrected chi connectivity index (χ3v) is 5.08. The minimum absolute atomic E-state index is 0.0732. The summed E-state index contributed by atoms with van der Waals surface area (Å²) in [6.45, 7) is 7.20. The van der Waals surface area contributed by atoms with E-state index in [0.717, 1.165) is 48.2 Å². The molecular weight excluding hydrogens is 362 g/mol. The van der Waals surface area contributed by atoms with Crippen LogP contribution in [0.4, 0.5) is 5.69 Å². The summed E-state index contributed by atoms with van der Waals surface area (Å²) in [4.78, 5) is 15.8. The van der Waals surface area contributed by atoms with E-state index in [2.05, 4.69) is 10.2 Å². The molecule has 5 nitrogen and oxygen atoms in total. The summed E-state index contributed by atoms with van der Waals surface area (Å²) in [6.07, 6.45) is 0. The monoisotopic (exact) mass is 388 g/mol. The summed E-state index contributed by atoms with van der Waals surface area (Å²) >= 11 is 6.28. The maximum absolute atomic E-state index is 12.2. The Morgan fingerprint density at radius 2 is 1.96 bits per heavy atom. The van der Waals surface area contributed by atoms with Crippen LogP contribution in [0, 0.1) is 6.92 Å². The van der Waals surface area contributed by atoms with E-state index in [-0.39, 0.29) is 5.91 Å². The van der Waals surface area contributed by atoms with E-state index < -0.39 is 0 Å². The molecule has 0 saturated carbocycles. The highest BCUT2D eigenvalue weighted by Gasteiger charge is 2.23. The van der Waals surface area contributed by atoms with Crippen molar-refractivity contribution >= 4 is 23.2 Å². The van der Waals surface area contributed by atoms with Crippen LogP contribution >= 0.6 is 11.6 Å². The molecule has 0 bridgehead atoms. The van der Waals surface area contributed by atoms with Gasteiger partial charge in [-0.25, -0.2) is 0 Å². The smallest absolute Gasteiger partial charge is 0.275 e. The summed E-state index contributed by atoms with van der Waals surface area (Å²) in [5.74, 6) is 0.912. The molecule has 1 heterocycles. The van der Waals surface area contributed by atoms with Crippen LogP contribution in [0.5, 0.6) is 5.75 Å². The number of amides is 1. The fourth-order valence-corrected chi connectivity index (χ4v) is 3.56. The van der Waals surface area contributed by atoms with Gasteiger partial charge in [-0.15, -0.1) is 0 Å². The summed E-state index contributed by atoms with van der Waals surface area (Å²) in [5.41, 5.74) is 2.24. The molecule has 1 aliphatic rings. The zero-order valence-electron chi connectivity index (χ0n) is 15.7. The number of anilines is 1. The lowest BCUT2D eigenvalue weighted by atomic mass is 10.2. The molecule has 2 aromatic carbocycles. The van der Waals surface area contributed by atoms with Gasteiger partial charge in [0.15, 0.2) is 6.54 Å². The number of para-hydroxylation sites is 1. The molecule has 0 atom stereocenters. The van der Waals surface area contributed by atoms with Crippen molar-refractivity contribution in [2.24, 2.45) is 0 Å². The minimum Gasteiger partial charge on any atom is -0.492 e. The molecule has 6 heteroatoms. The van der Waals surface area contributed by atoms with Crippen molar-refractivity contribution in [1.82, 2.24) is 5.32 Å². The van der Waals surface area contributed by atoms with Gasteiger partial charge in [0.2, 0.25) is 0 Å². The van der Waals surface area contributed by atoms with Crippen molar-refractivity contribution in [3.8, 4) is 5.75 Å². The lowest BCUT2D eigenvalue weighted by Gasteiger charge is -2.33. The van der Waals surface area contributed by atoms with Gasteiger partial charge >= 0.3 is 0 Å². The lowest BCUT2D eigenvalue weighted by molar-refractivity contribution is -0.892. The molecule has 27 heavy (non-hydrogen) atoms. The Labute approximate surface area is 165 Å². The molecule has 2 aromatic rings. The SMILES string of the molecule is Cc1cccc(OCCNC(=O)C[NH+]2CCN(c3ccccc3Cl)CC2)c1. The maximum atomic E-state index is 12.2. The highest BCUT2D eigenvalue weighted by Crippen LogP contribution is 2.24. The number of nitrogens with zero attached hydrogens (tertiary/aromatic N) is 1. The van der Waals surface area contributed by atoms with Gasteiger partial charge in [-0.2, -0.15) is 0 Å². The summed E-state index contributed by atoms with van der Waals surface area (Å²) in [7, 11) is 0. The van der Waals surface area contributed by atoms with Crippen LogP contribution in [-0.4, -0.2) is 51.8 Å². The molecule has 1 fully saturated rings. The number of benzene rings is 2. The molecule has 144 valence electrons. The summed E-state index contributed by atoms with van der Waals surface area (Å²) in [6, 6.07) is 15.8. The second kappa shape index (κ2) is 9.62. The third-order valence-electron chi connectivity index (χ3n) is 4.76. The number of halogens is 1. The first-order valence-electron chi connectivity index (χ1n) is 9.41. The highest BCUT2D eigenvalue weighted by atomic mass is 35.5. The molecule has 1 amide bonds. The van der Waals surface area contributed by atoms with Crippen LogP contribution in [0.15, 0.2) is 48.5 Å². The van der Waals surface area contributed by atoms with Crippen molar-refractivity contribution in [3.05, 3.63) is 59.1 Å². The number of carbonyl (C=O) groups excluding carboxylic acids is 1. The number of nitrogens with one attached hydrogen (secondary N) is 2. The zero-order chi connectivity index (χ0) is 19.1. The second-order valence-electron chi connectivity index (χ2n) is 6.88. The van der Waals surface area contributed by atoms with E-state index in [9.17, 15) is 4.79 Å². The molecular formula is C21H27ClN3O2+. The van der Waals surface area contributed by atoms with E-state index in [1.165, 1.54) is 4.90 Å². The molecule has 0 aromatic heterocycles. The largest absolute Gasteiger partial charge is 0.492 e. The molecule has 2 N–H and O–H groups in total. The summed E-state index contributed by atoms with van der Waals surface area (Å²) < 4.78 is 5.66. The van der Waals surface area contributed by atoms with Crippen molar-refractivity contribution < 1.29 is 14.4 Å². The van der Waals surface area contributed by atoms with Gasteiger partial charge in [-0.05, 0) is 36.8 Å². The van der Waals surface area contributed by atoms with Crippen LogP contribution in [0.1, 0.15) is 5.56 Å². The van der Waals surface area contributed by atoms with Crippen molar-refractivity contribution in [2.45, 2.75) is 6.92 Å². The Kier molecular flexibility index (Phi) is 6.96. The fraction of sp³-hybridized carbons (Fsp3) is 0.381. The number of hydrogen-bond donors (Lipinski definition) is 2. The predicted molar refractivity (Wildman–Crippen MR) is 109 cm³/mol. The number of ether oxygens (including phenoxy) is 1. The Hall–Kier alpha value is -2.24. The third kappa shape index (κ3) is 5.88. The number of rotatable bonds is 7. The van der Waals surface area contributed by atoms with E-state index in [1.807, 2.05) is 55.5 Å². The quantitative estimate of drug-likeness (QED) is 0.707. The molecule has 0 unspecified atom stereocenters. The van der Waals surface area contributed by atoms with Crippen LogP contribution in [0.2, 0.25) is 5.02 Å². The topological polar surface area (TPSA) is 46.0 Å². The Balaban J connectivity index is 1.34. The predicted octanol–water partition coefficient (Wildman–Crippen LogP) is 1.55. The van der Waals surface area contributed by atoms with Gasteiger partial charge in [0.1, 0.15) is 12.4 Å². The molecule has 0 aliphatic carbocycles. The Bertz CT molecular complexity index is 761. The lowest BCUT2D eigenvalue weighted by Crippen LogP contribution is -3.16. The van der Waals surface area contributed by atoms with E-state index >= 15 is 0 Å². The van der Waals surface area contributed by atoms with Gasteiger partial charge in [0.25, 0.3) is 5.91 Å². The first-order chi connectivity index (χ1) is 13.1. The molecule has 0 spiro atoms. The van der Waals surface area contributed by atoms with Crippen molar-refractivity contribution in [2.75, 3.05) is 50.8 Å². The van der Waals surface area contributed by atoms with Crippen molar-refractivity contribution in [1.29, 1.82) is 0 Å². The number of piperazine rings is 1. The normalized spacial score (nSPS) is 14.8. The van der Waals surface area contributed by atoms with Crippen LogP contribution < -0.4 is 19.9 Å². The van der Waals surface area contributed by atoms with Gasteiger partial charge in [-0.3, -0.25) is 4.79 Å². The number of carbonyl (C=O) groups is 1. The summed E-state index contributed by atoms with van der Waals surface area (Å²) in [5, 5.41) is 3.73. The minimum atomic E-state index is 0.0732. The standard InChI is InChI=1S/C21H26ClN3O2/c1-17-5-4-6-18(15-17)27-14-9-23-21(26)16-24-10-12-25(13-11-24)20-8-3-2-7-19(20)22/h2-8,15H,9-14,16H2,1H3,(H,23,26)/p+1. The highest BCUT2D eigenvalue weighted by molar-refractivity contribution is 6.33. The maximum Gasteiger partial charge on any atom is 0.275 e. The van der Waals surface area contributed by atoms with E-state index in [0.29, 0.717) is 19.7 Å². The average Bonchev–Trinajstić information content (AvgIpc) is 2.67. The van der Waals surface area contributed by atoms with Gasteiger partial charge in [0.05, 0.1) is 43.4 Å². The first-order valence-corrected chi connectivity index (χ1v) is 9.79. The zero-order valence-corrected chi connectivity index (χ0v) is 16.5. The average molecular weight is 389 g/mol. The first kappa shape index (κ1) is 19.5. The Morgan fingerprint density at radius 3 is 2.70 bits per heavy atom. The molecule has 1 aliphatic heterocycles. The van der Waals surface area contributed by atoms with Crippen LogP contribution in [-0.2, 0) is 4.79 Å². The van der Waals surface area contributed by atoms with E-state index in [1.54, 1.807) is 0 Å². The number of quaternary nitrogens is 1. The fourth-order valence-electron chi connectivity index (χ4n) is 3.30. The van der Waals surface area contributed by atoms with Crippen LogP contribution in [0.3, 0.4) is 0 Å². The van der Waals surface area contributed by atoms with E-state index in [4.69, 9.17) is 16.3 Å². The van der Waals surface area contributed by atoms with Gasteiger partial charge in [0, 0.05) is 0 Å². The molecule has 0 radical (unpaired) electrons.